The lowest BCUT2D eigenvalue weighted by Crippen LogP contribution is -2.21. The van der Waals surface area contributed by atoms with Crippen LogP contribution in [0.25, 0.3) is 28.1 Å². The molecule has 37 heavy (non-hydrogen) atoms. The third-order valence-corrected chi connectivity index (χ3v) is 6.47. The second kappa shape index (κ2) is 8.42. The lowest BCUT2D eigenvalue weighted by molar-refractivity contribution is 0.258. The molecule has 1 N–H and O–H groups in total. The van der Waals surface area contributed by atoms with E-state index in [2.05, 4.69) is 37.0 Å². The van der Waals surface area contributed by atoms with Crippen LogP contribution in [0.5, 0.6) is 5.75 Å². The predicted octanol–water partition coefficient (Wildman–Crippen LogP) is 4.55. The number of nitriles is 1. The smallest absolute Gasteiger partial charge is 0.237 e. The van der Waals surface area contributed by atoms with Crippen LogP contribution < -0.4 is 10.1 Å². The molecule has 5 heterocycles. The van der Waals surface area contributed by atoms with Gasteiger partial charge in [0.05, 0.1) is 53.4 Å². The minimum Gasteiger partial charge on any atom is -0.493 e. The van der Waals surface area contributed by atoms with Gasteiger partial charge in [-0.3, -0.25) is 14.1 Å². The second-order valence-corrected chi connectivity index (χ2v) is 8.67. The summed E-state index contributed by atoms with van der Waals surface area (Å²) in [5.41, 5.74) is 5.27. The molecule has 0 saturated carbocycles. The Labute approximate surface area is 210 Å². The maximum atomic E-state index is 9.38. The van der Waals surface area contributed by atoms with Gasteiger partial charge in [0.25, 0.3) is 0 Å². The van der Waals surface area contributed by atoms with Crippen LogP contribution in [0.4, 0.5) is 11.6 Å². The Morgan fingerprint density at radius 2 is 1.95 bits per heavy atom. The number of para-hydroxylation sites is 1. The van der Waals surface area contributed by atoms with E-state index in [4.69, 9.17) is 14.7 Å². The monoisotopic (exact) mass is 485 g/mol. The van der Waals surface area contributed by atoms with E-state index in [1.165, 1.54) is 0 Å². The molecule has 178 valence electrons. The summed E-state index contributed by atoms with van der Waals surface area (Å²) < 4.78 is 9.84. The first-order chi connectivity index (χ1) is 18.3. The lowest BCUT2D eigenvalue weighted by atomic mass is 10.0. The first-order valence-corrected chi connectivity index (χ1v) is 11.8. The number of pyridine rings is 1. The SMILES string of the molecule is N#Cc1ccc2ncn(-c3ncc4nc(Nc5cccnc5)n([C@@H]5CCOc6ccccc65)c4n3)c2c1. The van der Waals surface area contributed by atoms with Crippen LogP contribution in [0.15, 0.2) is 79.5 Å². The first-order valence-electron chi connectivity index (χ1n) is 11.8. The van der Waals surface area contributed by atoms with Gasteiger partial charge in [-0.2, -0.15) is 10.2 Å². The van der Waals surface area contributed by atoms with E-state index in [9.17, 15) is 5.26 Å². The summed E-state index contributed by atoms with van der Waals surface area (Å²) in [6.45, 7) is 0.578. The first kappa shape index (κ1) is 21.0. The average Bonchev–Trinajstić information content (AvgIpc) is 3.53. The van der Waals surface area contributed by atoms with E-state index in [1.807, 2.05) is 36.4 Å². The summed E-state index contributed by atoms with van der Waals surface area (Å²) in [6.07, 6.45) is 7.63. The molecule has 4 aromatic heterocycles. The van der Waals surface area contributed by atoms with Crippen LogP contribution in [0.1, 0.15) is 23.6 Å². The fourth-order valence-corrected chi connectivity index (χ4v) is 4.78. The summed E-state index contributed by atoms with van der Waals surface area (Å²) in [6, 6.07) is 19.4. The van der Waals surface area contributed by atoms with E-state index < -0.39 is 0 Å². The molecule has 7 rings (SSSR count). The van der Waals surface area contributed by atoms with Gasteiger partial charge in [-0.15, -0.1) is 0 Å². The topological polar surface area (TPSA) is 119 Å². The maximum absolute atomic E-state index is 9.38. The highest BCUT2D eigenvalue weighted by Gasteiger charge is 2.28. The van der Waals surface area contributed by atoms with Crippen LogP contribution in [0, 0.1) is 11.3 Å². The Kier molecular flexibility index (Phi) is 4.79. The molecule has 10 heteroatoms. The standard InChI is InChI=1S/C27H19N9O/c28-13-17-7-8-20-23(12-17)35(16-31-20)26-30-15-21-25(34-26)36(27(33-21)32-18-4-3-10-29-14-18)22-9-11-37-24-6-2-1-5-19(22)24/h1-8,10,12,14-16,22H,9,11H2,(H,32,33)/t22-/m1/s1. The summed E-state index contributed by atoms with van der Waals surface area (Å²) in [7, 11) is 0. The zero-order valence-corrected chi connectivity index (χ0v) is 19.5. The molecule has 1 aliphatic heterocycles. The van der Waals surface area contributed by atoms with E-state index >= 15 is 0 Å². The van der Waals surface area contributed by atoms with Crippen molar-refractivity contribution in [3.05, 3.63) is 90.6 Å². The van der Waals surface area contributed by atoms with Crippen molar-refractivity contribution in [1.29, 1.82) is 5.26 Å². The Balaban J connectivity index is 1.44. The van der Waals surface area contributed by atoms with Crippen molar-refractivity contribution in [1.82, 2.24) is 34.1 Å². The molecule has 2 aromatic carbocycles. The fourth-order valence-electron chi connectivity index (χ4n) is 4.78. The maximum Gasteiger partial charge on any atom is 0.237 e. The zero-order chi connectivity index (χ0) is 24.8. The number of rotatable bonds is 4. The molecule has 0 amide bonds. The molecule has 0 aliphatic carbocycles. The number of hydrogen-bond donors (Lipinski definition) is 1. The predicted molar refractivity (Wildman–Crippen MR) is 137 cm³/mol. The number of imidazole rings is 2. The molecule has 0 bridgehead atoms. The quantitative estimate of drug-likeness (QED) is 0.386. The molecule has 0 saturated heterocycles. The van der Waals surface area contributed by atoms with Gasteiger partial charge in [-0.1, -0.05) is 18.2 Å². The number of benzene rings is 2. The van der Waals surface area contributed by atoms with Crippen LogP contribution in [-0.4, -0.2) is 40.7 Å². The number of ether oxygens (including phenoxy) is 1. The number of fused-ring (bicyclic) bond motifs is 3. The highest BCUT2D eigenvalue weighted by molar-refractivity contribution is 5.80. The minimum absolute atomic E-state index is 0.0541. The van der Waals surface area contributed by atoms with Crippen LogP contribution in [0.2, 0.25) is 0 Å². The van der Waals surface area contributed by atoms with Crippen LogP contribution in [-0.2, 0) is 0 Å². The minimum atomic E-state index is -0.0541. The molecule has 0 unspecified atom stereocenters. The van der Waals surface area contributed by atoms with Gasteiger partial charge >= 0.3 is 0 Å². The second-order valence-electron chi connectivity index (χ2n) is 8.67. The van der Waals surface area contributed by atoms with Gasteiger partial charge in [0.15, 0.2) is 5.65 Å². The number of aromatic nitrogens is 7. The lowest BCUT2D eigenvalue weighted by Gasteiger charge is -2.28. The third-order valence-electron chi connectivity index (χ3n) is 6.47. The Morgan fingerprint density at radius 3 is 2.84 bits per heavy atom. The van der Waals surface area contributed by atoms with Gasteiger partial charge in [0, 0.05) is 18.2 Å². The van der Waals surface area contributed by atoms with Crippen molar-refractivity contribution < 1.29 is 4.74 Å². The summed E-state index contributed by atoms with van der Waals surface area (Å²) in [5, 5.41) is 12.8. The Morgan fingerprint density at radius 1 is 1.00 bits per heavy atom. The number of nitrogens with one attached hydrogen (secondary N) is 1. The van der Waals surface area contributed by atoms with E-state index in [1.54, 1.807) is 41.6 Å². The van der Waals surface area contributed by atoms with Crippen molar-refractivity contribution in [3.63, 3.8) is 0 Å². The number of hydrogen-bond acceptors (Lipinski definition) is 8. The average molecular weight is 486 g/mol. The van der Waals surface area contributed by atoms with Crippen molar-refractivity contribution in [2.45, 2.75) is 12.5 Å². The highest BCUT2D eigenvalue weighted by Crippen LogP contribution is 2.38. The van der Waals surface area contributed by atoms with Crippen LogP contribution >= 0.6 is 0 Å². The molecule has 0 radical (unpaired) electrons. The largest absolute Gasteiger partial charge is 0.493 e. The summed E-state index contributed by atoms with van der Waals surface area (Å²) in [4.78, 5) is 23.1. The van der Waals surface area contributed by atoms with Crippen molar-refractivity contribution in [3.8, 4) is 17.8 Å². The van der Waals surface area contributed by atoms with Crippen molar-refractivity contribution >= 4 is 33.8 Å². The molecular formula is C27H19N9O. The Bertz CT molecular complexity index is 1820. The van der Waals surface area contributed by atoms with Crippen molar-refractivity contribution in [2.24, 2.45) is 0 Å². The summed E-state index contributed by atoms with van der Waals surface area (Å²) in [5.74, 6) is 1.93. The van der Waals surface area contributed by atoms with Gasteiger partial charge in [0.2, 0.25) is 11.9 Å². The van der Waals surface area contributed by atoms with Gasteiger partial charge in [-0.05, 0) is 36.4 Å². The van der Waals surface area contributed by atoms with Gasteiger partial charge < -0.3 is 10.1 Å². The molecule has 0 fully saturated rings. The number of anilines is 2. The van der Waals surface area contributed by atoms with E-state index in [0.29, 0.717) is 35.2 Å². The summed E-state index contributed by atoms with van der Waals surface area (Å²) >= 11 is 0. The van der Waals surface area contributed by atoms with Gasteiger partial charge in [0.1, 0.15) is 17.6 Å². The molecule has 1 atom stereocenters. The van der Waals surface area contributed by atoms with Gasteiger partial charge in [-0.25, -0.2) is 15.0 Å². The molecular weight excluding hydrogens is 466 g/mol. The highest BCUT2D eigenvalue weighted by atomic mass is 16.5. The normalized spacial score (nSPS) is 14.7. The van der Waals surface area contributed by atoms with Crippen molar-refractivity contribution in [2.75, 3.05) is 11.9 Å². The van der Waals surface area contributed by atoms with E-state index in [-0.39, 0.29) is 6.04 Å². The van der Waals surface area contributed by atoms with E-state index in [0.717, 1.165) is 34.5 Å². The van der Waals surface area contributed by atoms with Crippen LogP contribution in [0.3, 0.4) is 0 Å². The molecule has 6 aromatic rings. The zero-order valence-electron chi connectivity index (χ0n) is 19.5. The molecule has 0 spiro atoms. The number of nitrogens with zero attached hydrogens (tertiary/aromatic N) is 8. The Hall–Kier alpha value is -5.30. The fraction of sp³-hybridized carbons (Fsp3) is 0.111. The third kappa shape index (κ3) is 3.52. The molecule has 10 nitrogen and oxygen atoms in total. The molecule has 1 aliphatic rings.